The second-order valence-corrected chi connectivity index (χ2v) is 5.48. The van der Waals surface area contributed by atoms with E-state index in [1.54, 1.807) is 0 Å². The monoisotopic (exact) mass is 381 g/mol. The average molecular weight is 381 g/mol. The van der Waals surface area contributed by atoms with E-state index in [0.29, 0.717) is 12.1 Å². The molecule has 1 aromatic heterocycles. The van der Waals surface area contributed by atoms with Gasteiger partial charge in [-0.3, -0.25) is 0 Å². The lowest BCUT2D eigenvalue weighted by Crippen LogP contribution is -2.49. The van der Waals surface area contributed by atoms with Crippen LogP contribution in [0.2, 0.25) is 0 Å². The maximum atomic E-state index is 13.9. The van der Waals surface area contributed by atoms with Crippen LogP contribution in [0.25, 0.3) is 0 Å². The maximum absolute atomic E-state index is 13.9. The Kier molecular flexibility index (Phi) is 3.85. The highest BCUT2D eigenvalue weighted by Gasteiger charge is 2.77. The Morgan fingerprint density at radius 3 is 2.19 bits per heavy atom. The Balaban J connectivity index is 2.21. The first-order chi connectivity index (χ1) is 11.9. The predicted octanol–water partition coefficient (Wildman–Crippen LogP) is 3.40. The largest absolute Gasteiger partial charge is 0.493 e. The normalized spacial score (nSPS) is 19.4. The molecule has 1 heterocycles. The SMILES string of the molecule is Oc1ccc(Oc2ccc3c(c2C(F)F)C(O)(O)C(F)(F)C3(F)F)cn1. The standard InChI is InChI=1S/C15H9F6NO4/c16-12(17)10-8(26-6-1-4-9(23)22-5-6)3-2-7-11(10)14(24,25)15(20,21)13(7,18)19/h1-5,12,24-25H,(H,22,23). The van der Waals surface area contributed by atoms with Crippen molar-refractivity contribution in [3.63, 3.8) is 0 Å². The minimum Gasteiger partial charge on any atom is -0.493 e. The number of benzene rings is 1. The van der Waals surface area contributed by atoms with E-state index in [0.717, 1.165) is 18.3 Å². The number of pyridine rings is 1. The fourth-order valence-corrected chi connectivity index (χ4v) is 2.65. The molecular formula is C15H9F6NO4. The van der Waals surface area contributed by atoms with E-state index in [9.17, 15) is 36.6 Å². The Labute approximate surface area is 141 Å². The van der Waals surface area contributed by atoms with Crippen LogP contribution in [0.3, 0.4) is 0 Å². The highest BCUT2D eigenvalue weighted by atomic mass is 19.3. The van der Waals surface area contributed by atoms with E-state index in [-0.39, 0.29) is 5.75 Å². The van der Waals surface area contributed by atoms with Crippen LogP contribution in [0.5, 0.6) is 17.4 Å². The van der Waals surface area contributed by atoms with Gasteiger partial charge in [-0.25, -0.2) is 13.8 Å². The van der Waals surface area contributed by atoms with Crippen molar-refractivity contribution in [3.8, 4) is 17.4 Å². The van der Waals surface area contributed by atoms with E-state index in [2.05, 4.69) is 4.98 Å². The molecule has 0 aliphatic heterocycles. The number of hydrogen-bond donors (Lipinski definition) is 3. The van der Waals surface area contributed by atoms with E-state index in [1.165, 1.54) is 0 Å². The average Bonchev–Trinajstić information content (AvgIpc) is 2.65. The molecule has 0 fully saturated rings. The highest BCUT2D eigenvalue weighted by molar-refractivity contribution is 5.55. The van der Waals surface area contributed by atoms with Gasteiger partial charge in [0.25, 0.3) is 12.2 Å². The van der Waals surface area contributed by atoms with Gasteiger partial charge in [-0.2, -0.15) is 17.6 Å². The quantitative estimate of drug-likeness (QED) is 0.561. The molecule has 0 atom stereocenters. The van der Waals surface area contributed by atoms with Gasteiger partial charge >= 0.3 is 11.8 Å². The van der Waals surface area contributed by atoms with Crippen LogP contribution < -0.4 is 4.74 Å². The number of aromatic hydroxyl groups is 1. The summed E-state index contributed by atoms with van der Waals surface area (Å²) in [6, 6.07) is 3.04. The van der Waals surface area contributed by atoms with Crippen LogP contribution in [-0.2, 0) is 11.7 Å². The van der Waals surface area contributed by atoms with Crippen molar-refractivity contribution in [2.45, 2.75) is 24.1 Å². The molecule has 11 heteroatoms. The number of aliphatic hydroxyl groups is 2. The number of nitrogens with zero attached hydrogens (tertiary/aromatic N) is 1. The summed E-state index contributed by atoms with van der Waals surface area (Å²) >= 11 is 0. The molecule has 3 N–H and O–H groups in total. The molecule has 0 saturated carbocycles. The third-order valence-electron chi connectivity index (χ3n) is 3.89. The zero-order valence-electron chi connectivity index (χ0n) is 12.4. The first kappa shape index (κ1) is 18.3. The molecule has 3 rings (SSSR count). The summed E-state index contributed by atoms with van der Waals surface area (Å²) in [6.45, 7) is 0. The molecule has 140 valence electrons. The number of hydrogen-bond acceptors (Lipinski definition) is 5. The van der Waals surface area contributed by atoms with Gasteiger partial charge in [-0.15, -0.1) is 0 Å². The van der Waals surface area contributed by atoms with Gasteiger partial charge < -0.3 is 20.1 Å². The van der Waals surface area contributed by atoms with Crippen LogP contribution in [0.1, 0.15) is 23.1 Å². The molecule has 0 saturated heterocycles. The minimum absolute atomic E-state index is 0.234. The van der Waals surface area contributed by atoms with E-state index < -0.39 is 52.4 Å². The molecule has 2 aromatic rings. The molecule has 0 spiro atoms. The molecule has 26 heavy (non-hydrogen) atoms. The van der Waals surface area contributed by atoms with Crippen LogP contribution in [0.4, 0.5) is 26.3 Å². The van der Waals surface area contributed by atoms with Gasteiger partial charge in [-0.1, -0.05) is 0 Å². The smallest absolute Gasteiger partial charge is 0.371 e. The van der Waals surface area contributed by atoms with Gasteiger partial charge in [0.2, 0.25) is 5.88 Å². The Bertz CT molecular complexity index is 854. The van der Waals surface area contributed by atoms with Crippen LogP contribution in [0, 0.1) is 0 Å². The van der Waals surface area contributed by atoms with Crippen molar-refractivity contribution in [1.29, 1.82) is 0 Å². The first-order valence-electron chi connectivity index (χ1n) is 6.90. The van der Waals surface area contributed by atoms with Crippen LogP contribution in [0.15, 0.2) is 30.5 Å². The number of rotatable bonds is 3. The zero-order chi connectivity index (χ0) is 19.5. The zero-order valence-corrected chi connectivity index (χ0v) is 12.4. The van der Waals surface area contributed by atoms with Crippen molar-refractivity contribution in [2.24, 2.45) is 0 Å². The number of fused-ring (bicyclic) bond motifs is 1. The predicted molar refractivity (Wildman–Crippen MR) is 72.3 cm³/mol. The Morgan fingerprint density at radius 2 is 1.65 bits per heavy atom. The topological polar surface area (TPSA) is 82.8 Å². The summed E-state index contributed by atoms with van der Waals surface area (Å²) in [5, 5.41) is 28.2. The fraction of sp³-hybridized carbons (Fsp3) is 0.267. The minimum atomic E-state index is -5.44. The summed E-state index contributed by atoms with van der Waals surface area (Å²) in [7, 11) is 0. The Hall–Kier alpha value is -2.53. The molecule has 1 aliphatic rings. The first-order valence-corrected chi connectivity index (χ1v) is 6.90. The van der Waals surface area contributed by atoms with Gasteiger partial charge in [0.05, 0.1) is 11.8 Å². The summed E-state index contributed by atoms with van der Waals surface area (Å²) in [5.74, 6) is -16.6. The van der Waals surface area contributed by atoms with Crippen LogP contribution in [-0.4, -0.2) is 26.2 Å². The summed E-state index contributed by atoms with van der Waals surface area (Å²) in [5.41, 5.74) is -4.87. The van der Waals surface area contributed by atoms with Gasteiger partial charge in [0.1, 0.15) is 11.5 Å². The third kappa shape index (κ3) is 2.31. The lowest BCUT2D eigenvalue weighted by Gasteiger charge is -2.28. The van der Waals surface area contributed by atoms with E-state index in [4.69, 9.17) is 9.84 Å². The maximum Gasteiger partial charge on any atom is 0.371 e. The third-order valence-corrected chi connectivity index (χ3v) is 3.89. The lowest BCUT2D eigenvalue weighted by molar-refractivity contribution is -0.358. The van der Waals surface area contributed by atoms with Crippen molar-refractivity contribution < 1.29 is 46.4 Å². The number of aromatic nitrogens is 1. The number of alkyl halides is 6. The summed E-state index contributed by atoms with van der Waals surface area (Å²) < 4.78 is 87.2. The van der Waals surface area contributed by atoms with Crippen LogP contribution >= 0.6 is 0 Å². The highest BCUT2D eigenvalue weighted by Crippen LogP contribution is 2.62. The van der Waals surface area contributed by atoms with Crippen molar-refractivity contribution in [3.05, 3.63) is 47.2 Å². The molecule has 0 radical (unpaired) electrons. The van der Waals surface area contributed by atoms with Crippen molar-refractivity contribution in [1.82, 2.24) is 4.98 Å². The molecular weight excluding hydrogens is 372 g/mol. The second-order valence-electron chi connectivity index (χ2n) is 5.48. The van der Waals surface area contributed by atoms with Gasteiger partial charge in [0.15, 0.2) is 0 Å². The number of halogens is 6. The second kappa shape index (κ2) is 5.48. The van der Waals surface area contributed by atoms with Gasteiger partial charge in [-0.05, 0) is 18.2 Å². The molecule has 1 aromatic carbocycles. The fourth-order valence-electron chi connectivity index (χ4n) is 2.65. The molecule has 0 unspecified atom stereocenters. The lowest BCUT2D eigenvalue weighted by atomic mass is 9.98. The molecule has 1 aliphatic carbocycles. The van der Waals surface area contributed by atoms with E-state index >= 15 is 0 Å². The van der Waals surface area contributed by atoms with E-state index in [1.807, 2.05) is 0 Å². The molecule has 5 nitrogen and oxygen atoms in total. The molecule has 0 bridgehead atoms. The Morgan fingerprint density at radius 1 is 1.00 bits per heavy atom. The molecule has 0 amide bonds. The van der Waals surface area contributed by atoms with Crippen molar-refractivity contribution in [2.75, 3.05) is 0 Å². The van der Waals surface area contributed by atoms with Crippen molar-refractivity contribution >= 4 is 0 Å². The summed E-state index contributed by atoms with van der Waals surface area (Å²) in [6.07, 6.45) is -2.75. The van der Waals surface area contributed by atoms with Gasteiger partial charge in [0, 0.05) is 17.2 Å². The summed E-state index contributed by atoms with van der Waals surface area (Å²) in [4.78, 5) is 3.40. The number of ether oxygens (including phenoxy) is 1.